The standard InChI is InChI=1S/C15H18ClN3O/c1-11-8-14(10-17-6-7-20-2)19-15(18-11)12-4-3-5-13(16)9-12/h3-5,8-9,17H,6-7,10H2,1-2H3. The van der Waals surface area contributed by atoms with Crippen LogP contribution in [0.15, 0.2) is 30.3 Å². The number of nitrogens with zero attached hydrogens (tertiary/aromatic N) is 2. The molecule has 0 atom stereocenters. The molecule has 1 aromatic carbocycles. The predicted octanol–water partition coefficient (Wildman–Crippen LogP) is 2.84. The smallest absolute Gasteiger partial charge is 0.159 e. The van der Waals surface area contributed by atoms with Crippen molar-refractivity contribution in [1.29, 1.82) is 0 Å². The Balaban J connectivity index is 2.16. The van der Waals surface area contributed by atoms with Crippen molar-refractivity contribution in [3.63, 3.8) is 0 Å². The van der Waals surface area contributed by atoms with Gasteiger partial charge in [0.1, 0.15) is 0 Å². The van der Waals surface area contributed by atoms with Gasteiger partial charge in [-0.15, -0.1) is 0 Å². The molecule has 0 aliphatic heterocycles. The minimum atomic E-state index is 0.686. The SMILES string of the molecule is COCCNCc1cc(C)nc(-c2cccc(Cl)c2)n1. The minimum Gasteiger partial charge on any atom is -0.383 e. The van der Waals surface area contributed by atoms with Gasteiger partial charge < -0.3 is 10.1 Å². The average molecular weight is 292 g/mol. The molecule has 1 heterocycles. The summed E-state index contributed by atoms with van der Waals surface area (Å²) in [6.45, 7) is 4.14. The number of benzene rings is 1. The normalized spacial score (nSPS) is 10.8. The van der Waals surface area contributed by atoms with Crippen LogP contribution in [0, 0.1) is 6.92 Å². The maximum Gasteiger partial charge on any atom is 0.159 e. The van der Waals surface area contributed by atoms with Crippen LogP contribution in [0.3, 0.4) is 0 Å². The lowest BCUT2D eigenvalue weighted by atomic mass is 10.2. The van der Waals surface area contributed by atoms with Gasteiger partial charge in [-0.05, 0) is 25.1 Å². The van der Waals surface area contributed by atoms with Crippen molar-refractivity contribution in [2.75, 3.05) is 20.3 Å². The van der Waals surface area contributed by atoms with Crippen LogP contribution in [0.1, 0.15) is 11.4 Å². The van der Waals surface area contributed by atoms with E-state index in [1.165, 1.54) is 0 Å². The molecule has 0 aliphatic rings. The van der Waals surface area contributed by atoms with Crippen LogP contribution >= 0.6 is 11.6 Å². The zero-order valence-electron chi connectivity index (χ0n) is 11.7. The first kappa shape index (κ1) is 14.9. The number of rotatable bonds is 6. The summed E-state index contributed by atoms with van der Waals surface area (Å²) in [7, 11) is 1.69. The van der Waals surface area contributed by atoms with Gasteiger partial charge >= 0.3 is 0 Å². The molecule has 4 nitrogen and oxygen atoms in total. The monoisotopic (exact) mass is 291 g/mol. The average Bonchev–Trinajstić information content (AvgIpc) is 2.43. The van der Waals surface area contributed by atoms with E-state index >= 15 is 0 Å². The third-order valence-electron chi connectivity index (χ3n) is 2.78. The molecule has 0 saturated carbocycles. The topological polar surface area (TPSA) is 47.0 Å². The van der Waals surface area contributed by atoms with Crippen LogP contribution in [-0.4, -0.2) is 30.2 Å². The number of aryl methyl sites for hydroxylation is 1. The highest BCUT2D eigenvalue weighted by atomic mass is 35.5. The lowest BCUT2D eigenvalue weighted by Crippen LogP contribution is -2.19. The first-order valence-electron chi connectivity index (χ1n) is 6.49. The van der Waals surface area contributed by atoms with Crippen LogP contribution < -0.4 is 5.32 Å². The van der Waals surface area contributed by atoms with Gasteiger partial charge in [-0.1, -0.05) is 23.7 Å². The van der Waals surface area contributed by atoms with Crippen molar-refractivity contribution in [1.82, 2.24) is 15.3 Å². The molecule has 0 bridgehead atoms. The molecule has 2 rings (SSSR count). The minimum absolute atomic E-state index is 0.686. The molecule has 0 fully saturated rings. The third kappa shape index (κ3) is 4.27. The Bertz CT molecular complexity index is 575. The molecule has 1 aromatic heterocycles. The Kier molecular flexibility index (Phi) is 5.47. The summed E-state index contributed by atoms with van der Waals surface area (Å²) in [4.78, 5) is 9.04. The Hall–Kier alpha value is -1.49. The molecule has 0 amide bonds. The second-order valence-corrected chi connectivity index (χ2v) is 4.94. The molecular weight excluding hydrogens is 274 g/mol. The molecule has 2 aromatic rings. The van der Waals surface area contributed by atoms with E-state index in [1.54, 1.807) is 7.11 Å². The second kappa shape index (κ2) is 7.33. The number of aromatic nitrogens is 2. The molecule has 5 heteroatoms. The van der Waals surface area contributed by atoms with Crippen molar-refractivity contribution in [2.24, 2.45) is 0 Å². The molecule has 20 heavy (non-hydrogen) atoms. The van der Waals surface area contributed by atoms with E-state index in [1.807, 2.05) is 37.3 Å². The Morgan fingerprint density at radius 1 is 1.25 bits per heavy atom. The predicted molar refractivity (Wildman–Crippen MR) is 80.8 cm³/mol. The van der Waals surface area contributed by atoms with Crippen LogP contribution in [0.5, 0.6) is 0 Å². The van der Waals surface area contributed by atoms with Gasteiger partial charge in [0, 0.05) is 36.5 Å². The second-order valence-electron chi connectivity index (χ2n) is 4.50. The van der Waals surface area contributed by atoms with E-state index in [-0.39, 0.29) is 0 Å². The van der Waals surface area contributed by atoms with Crippen LogP contribution in [0.2, 0.25) is 5.02 Å². The van der Waals surface area contributed by atoms with Gasteiger partial charge in [0.05, 0.1) is 12.3 Å². The summed E-state index contributed by atoms with van der Waals surface area (Å²) in [5.74, 6) is 0.705. The number of nitrogens with one attached hydrogen (secondary N) is 1. The molecule has 0 radical (unpaired) electrons. The zero-order chi connectivity index (χ0) is 14.4. The van der Waals surface area contributed by atoms with Crippen LogP contribution in [-0.2, 0) is 11.3 Å². The number of hydrogen-bond donors (Lipinski definition) is 1. The molecule has 0 spiro atoms. The van der Waals surface area contributed by atoms with Crippen LogP contribution in [0.25, 0.3) is 11.4 Å². The van der Waals surface area contributed by atoms with Gasteiger partial charge in [-0.2, -0.15) is 0 Å². The molecule has 1 N–H and O–H groups in total. The zero-order valence-corrected chi connectivity index (χ0v) is 12.4. The van der Waals surface area contributed by atoms with E-state index in [2.05, 4.69) is 15.3 Å². The van der Waals surface area contributed by atoms with Gasteiger partial charge in [-0.25, -0.2) is 9.97 Å². The Morgan fingerprint density at radius 2 is 2.10 bits per heavy atom. The summed E-state index contributed by atoms with van der Waals surface area (Å²) < 4.78 is 5.00. The molecule has 106 valence electrons. The quantitative estimate of drug-likeness (QED) is 0.832. The Labute approximate surface area is 124 Å². The van der Waals surface area contributed by atoms with E-state index in [4.69, 9.17) is 16.3 Å². The lowest BCUT2D eigenvalue weighted by Gasteiger charge is -2.07. The third-order valence-corrected chi connectivity index (χ3v) is 3.01. The van der Waals surface area contributed by atoms with Crippen molar-refractivity contribution in [3.05, 3.63) is 46.7 Å². The largest absolute Gasteiger partial charge is 0.383 e. The van der Waals surface area contributed by atoms with Gasteiger partial charge in [0.25, 0.3) is 0 Å². The maximum absolute atomic E-state index is 6.01. The summed E-state index contributed by atoms with van der Waals surface area (Å²) >= 11 is 6.01. The van der Waals surface area contributed by atoms with Gasteiger partial charge in [0.2, 0.25) is 0 Å². The maximum atomic E-state index is 6.01. The van der Waals surface area contributed by atoms with Crippen molar-refractivity contribution in [3.8, 4) is 11.4 Å². The number of methoxy groups -OCH3 is 1. The summed E-state index contributed by atoms with van der Waals surface area (Å²) in [6, 6.07) is 9.56. The van der Waals surface area contributed by atoms with Gasteiger partial charge in [0.15, 0.2) is 5.82 Å². The number of hydrogen-bond acceptors (Lipinski definition) is 4. The lowest BCUT2D eigenvalue weighted by molar-refractivity contribution is 0.199. The highest BCUT2D eigenvalue weighted by Crippen LogP contribution is 2.20. The van der Waals surface area contributed by atoms with Crippen molar-refractivity contribution >= 4 is 11.6 Å². The summed E-state index contributed by atoms with van der Waals surface area (Å²) in [5, 5.41) is 3.97. The van der Waals surface area contributed by atoms with Gasteiger partial charge in [-0.3, -0.25) is 0 Å². The van der Waals surface area contributed by atoms with Crippen molar-refractivity contribution in [2.45, 2.75) is 13.5 Å². The Morgan fingerprint density at radius 3 is 2.85 bits per heavy atom. The summed E-state index contributed by atoms with van der Waals surface area (Å²) in [6.07, 6.45) is 0. The van der Waals surface area contributed by atoms with E-state index in [9.17, 15) is 0 Å². The van der Waals surface area contributed by atoms with E-state index in [0.717, 1.165) is 23.5 Å². The first-order chi connectivity index (χ1) is 9.69. The number of halogens is 1. The fourth-order valence-corrected chi connectivity index (χ4v) is 2.06. The highest BCUT2D eigenvalue weighted by molar-refractivity contribution is 6.30. The molecule has 0 saturated heterocycles. The fraction of sp³-hybridized carbons (Fsp3) is 0.333. The van der Waals surface area contributed by atoms with Crippen molar-refractivity contribution < 1.29 is 4.74 Å². The molecule has 0 unspecified atom stereocenters. The highest BCUT2D eigenvalue weighted by Gasteiger charge is 2.05. The summed E-state index contributed by atoms with van der Waals surface area (Å²) in [5.41, 5.74) is 2.83. The number of ether oxygens (including phenoxy) is 1. The van der Waals surface area contributed by atoms with Crippen LogP contribution in [0.4, 0.5) is 0 Å². The van der Waals surface area contributed by atoms with E-state index in [0.29, 0.717) is 24.0 Å². The molecular formula is C15H18ClN3O. The van der Waals surface area contributed by atoms with E-state index < -0.39 is 0 Å². The fourth-order valence-electron chi connectivity index (χ4n) is 1.87. The first-order valence-corrected chi connectivity index (χ1v) is 6.87. The molecule has 0 aliphatic carbocycles.